The molecule has 0 aliphatic carbocycles. The van der Waals surface area contributed by atoms with Crippen molar-refractivity contribution >= 4 is 11.7 Å². The minimum Gasteiger partial charge on any atom is -0.508 e. The van der Waals surface area contributed by atoms with E-state index in [1.54, 1.807) is 6.07 Å². The fourth-order valence-electron chi connectivity index (χ4n) is 5.50. The van der Waals surface area contributed by atoms with E-state index in [-0.39, 0.29) is 17.2 Å². The Balaban J connectivity index is 1.43. The van der Waals surface area contributed by atoms with Gasteiger partial charge in [-0.25, -0.2) is 4.79 Å². The summed E-state index contributed by atoms with van der Waals surface area (Å²) >= 11 is 0. The summed E-state index contributed by atoms with van der Waals surface area (Å²) in [6, 6.07) is 22.7. The predicted octanol–water partition coefficient (Wildman–Crippen LogP) is 6.30. The van der Waals surface area contributed by atoms with Crippen LogP contribution in [0.25, 0.3) is 0 Å². The van der Waals surface area contributed by atoms with Crippen molar-refractivity contribution in [3.8, 4) is 17.2 Å². The highest BCUT2D eigenvalue weighted by Gasteiger charge is 2.45. The molecule has 36 heavy (non-hydrogen) atoms. The molecule has 2 amide bonds. The van der Waals surface area contributed by atoms with Crippen molar-refractivity contribution in [2.45, 2.75) is 45.1 Å². The first kappa shape index (κ1) is 25.6. The van der Waals surface area contributed by atoms with E-state index >= 15 is 0 Å². The molecular weight excluding hydrogens is 450 g/mol. The normalized spacial score (nSPS) is 22.1. The van der Waals surface area contributed by atoms with Crippen LogP contribution in [0.3, 0.4) is 0 Å². The van der Waals surface area contributed by atoms with Crippen LogP contribution in [0.5, 0.6) is 17.2 Å². The lowest BCUT2D eigenvalue weighted by Crippen LogP contribution is -2.54. The van der Waals surface area contributed by atoms with E-state index in [1.165, 1.54) is 11.1 Å². The number of urea groups is 1. The van der Waals surface area contributed by atoms with E-state index in [0.717, 1.165) is 25.1 Å². The summed E-state index contributed by atoms with van der Waals surface area (Å²) in [4.78, 5) is 15.2. The number of nitrogens with one attached hydrogen (secondary N) is 2. The number of phenols is 1. The quantitative estimate of drug-likeness (QED) is 0.365. The van der Waals surface area contributed by atoms with Gasteiger partial charge in [0.05, 0.1) is 0 Å². The van der Waals surface area contributed by atoms with Crippen molar-refractivity contribution in [1.82, 2.24) is 10.2 Å². The van der Waals surface area contributed by atoms with Crippen LogP contribution in [0.15, 0.2) is 72.8 Å². The number of para-hydroxylation sites is 1. The fourth-order valence-corrected chi connectivity index (χ4v) is 5.50. The van der Waals surface area contributed by atoms with Gasteiger partial charge in [0.25, 0.3) is 0 Å². The van der Waals surface area contributed by atoms with Crippen molar-refractivity contribution in [2.75, 3.05) is 25.5 Å². The molecular formula is C30H37N3O3. The van der Waals surface area contributed by atoms with Gasteiger partial charge in [0.2, 0.25) is 0 Å². The Labute approximate surface area is 214 Å². The van der Waals surface area contributed by atoms with Crippen LogP contribution in [0, 0.1) is 12.8 Å². The Morgan fingerprint density at radius 3 is 2.58 bits per heavy atom. The number of piperidine rings is 1. The molecule has 4 rings (SSSR count). The number of rotatable bonds is 7. The number of aromatic hydroxyl groups is 1. The molecule has 0 aromatic heterocycles. The number of ether oxygens (including phenoxy) is 1. The van der Waals surface area contributed by atoms with Crippen LogP contribution in [0.2, 0.25) is 0 Å². The van der Waals surface area contributed by atoms with Crippen molar-refractivity contribution in [3.05, 3.63) is 83.9 Å². The maximum absolute atomic E-state index is 12.8. The number of hydrogen-bond acceptors (Lipinski definition) is 4. The molecule has 6 heteroatoms. The highest BCUT2D eigenvalue weighted by molar-refractivity contribution is 5.89. The van der Waals surface area contributed by atoms with Gasteiger partial charge < -0.3 is 25.4 Å². The molecule has 1 aliphatic rings. The Kier molecular flexibility index (Phi) is 7.85. The summed E-state index contributed by atoms with van der Waals surface area (Å²) in [7, 11) is 2.17. The molecule has 6 nitrogen and oxygen atoms in total. The largest absolute Gasteiger partial charge is 0.508 e. The zero-order valence-electron chi connectivity index (χ0n) is 21.6. The summed E-state index contributed by atoms with van der Waals surface area (Å²) in [5.74, 6) is 2.05. The molecule has 1 aliphatic heterocycles. The first-order chi connectivity index (χ1) is 17.3. The molecule has 0 spiro atoms. The number of hydrogen-bond donors (Lipinski definition) is 3. The van der Waals surface area contributed by atoms with E-state index in [1.807, 2.05) is 66.7 Å². The van der Waals surface area contributed by atoms with E-state index in [0.29, 0.717) is 29.9 Å². The van der Waals surface area contributed by atoms with Gasteiger partial charge in [0.1, 0.15) is 17.2 Å². The van der Waals surface area contributed by atoms with E-state index in [2.05, 4.69) is 43.4 Å². The molecule has 1 heterocycles. The van der Waals surface area contributed by atoms with Crippen LogP contribution < -0.4 is 15.4 Å². The lowest BCUT2D eigenvalue weighted by Gasteiger charge is -2.51. The Hall–Kier alpha value is -3.51. The van der Waals surface area contributed by atoms with Gasteiger partial charge in [0.15, 0.2) is 0 Å². The maximum Gasteiger partial charge on any atom is 0.319 e. The molecule has 1 unspecified atom stereocenters. The van der Waals surface area contributed by atoms with Crippen LogP contribution >= 0.6 is 0 Å². The molecule has 1 saturated heterocycles. The summed E-state index contributed by atoms with van der Waals surface area (Å²) in [6.07, 6.45) is 1.77. The van der Waals surface area contributed by atoms with Crippen molar-refractivity contribution < 1.29 is 14.6 Å². The molecule has 0 saturated carbocycles. The second kappa shape index (κ2) is 11.0. The van der Waals surface area contributed by atoms with Crippen molar-refractivity contribution in [1.29, 1.82) is 0 Å². The fraction of sp³-hybridized carbons (Fsp3) is 0.367. The number of amides is 2. The summed E-state index contributed by atoms with van der Waals surface area (Å²) in [5, 5.41) is 16.3. The minimum atomic E-state index is -0.247. The van der Waals surface area contributed by atoms with Gasteiger partial charge in [-0.15, -0.1) is 0 Å². The molecule has 3 aromatic carbocycles. The van der Waals surface area contributed by atoms with Gasteiger partial charge in [0, 0.05) is 29.8 Å². The van der Waals surface area contributed by atoms with Crippen molar-refractivity contribution in [3.63, 3.8) is 0 Å². The average Bonchev–Trinajstić information content (AvgIpc) is 2.86. The van der Waals surface area contributed by atoms with Crippen molar-refractivity contribution in [2.24, 2.45) is 5.92 Å². The van der Waals surface area contributed by atoms with E-state index in [9.17, 15) is 9.90 Å². The number of anilines is 1. The van der Waals surface area contributed by atoms with Gasteiger partial charge in [-0.2, -0.15) is 0 Å². The standard InChI is InChI=1S/C30H37N3O3/c1-21-13-14-25(34)20-28(21)30(16-18-33(4)23(3)22(30)2)15-17-31-29(35)32-24-9-8-12-27(19-24)36-26-10-6-5-7-11-26/h5-14,19-20,22-23,34H,15-18H2,1-4H3,(H2,31,32,35)/t22-,23+,30?/m0/s1. The Bertz CT molecular complexity index is 1180. The van der Waals surface area contributed by atoms with Crippen LogP contribution in [-0.2, 0) is 5.41 Å². The average molecular weight is 488 g/mol. The molecule has 190 valence electrons. The topological polar surface area (TPSA) is 73.8 Å². The number of carbonyl (C=O) groups excluding carboxylic acids is 1. The predicted molar refractivity (Wildman–Crippen MR) is 145 cm³/mol. The highest BCUT2D eigenvalue weighted by Crippen LogP contribution is 2.46. The molecule has 3 N–H and O–H groups in total. The maximum atomic E-state index is 12.8. The van der Waals surface area contributed by atoms with Gasteiger partial charge in [-0.3, -0.25) is 0 Å². The molecule has 3 aromatic rings. The second-order valence-corrected chi connectivity index (χ2v) is 9.99. The van der Waals surface area contributed by atoms with Crippen LogP contribution in [0.1, 0.15) is 37.8 Å². The number of aryl methyl sites for hydroxylation is 1. The summed E-state index contributed by atoms with van der Waals surface area (Å²) < 4.78 is 5.88. The summed E-state index contributed by atoms with van der Waals surface area (Å²) in [6.45, 7) is 8.17. The lowest BCUT2D eigenvalue weighted by molar-refractivity contribution is 0.0584. The zero-order chi connectivity index (χ0) is 25.7. The van der Waals surface area contributed by atoms with Crippen LogP contribution in [0.4, 0.5) is 10.5 Å². The van der Waals surface area contributed by atoms with E-state index in [4.69, 9.17) is 4.74 Å². The monoisotopic (exact) mass is 487 g/mol. The Morgan fingerprint density at radius 1 is 1.06 bits per heavy atom. The number of benzene rings is 3. The molecule has 0 bridgehead atoms. The first-order valence-electron chi connectivity index (χ1n) is 12.7. The molecule has 1 fully saturated rings. The third kappa shape index (κ3) is 5.65. The highest BCUT2D eigenvalue weighted by atomic mass is 16.5. The smallest absolute Gasteiger partial charge is 0.319 e. The Morgan fingerprint density at radius 2 is 1.81 bits per heavy atom. The van der Waals surface area contributed by atoms with E-state index < -0.39 is 0 Å². The zero-order valence-corrected chi connectivity index (χ0v) is 21.6. The SMILES string of the molecule is Cc1ccc(O)cc1C1(CCNC(=O)Nc2cccc(Oc3ccccc3)c2)CCN(C)[C@H](C)[C@@H]1C. The number of phenolic OH excluding ortho intramolecular Hbond substituents is 1. The number of likely N-dealkylation sites (tertiary alicyclic amines) is 1. The second-order valence-electron chi connectivity index (χ2n) is 9.99. The van der Waals surface area contributed by atoms with Gasteiger partial charge in [-0.05, 0) is 93.7 Å². The molecule has 0 radical (unpaired) electrons. The first-order valence-corrected chi connectivity index (χ1v) is 12.7. The third-order valence-electron chi connectivity index (χ3n) is 7.89. The molecule has 3 atom stereocenters. The van der Waals surface area contributed by atoms with Gasteiger partial charge >= 0.3 is 6.03 Å². The number of carbonyl (C=O) groups is 1. The van der Waals surface area contributed by atoms with Gasteiger partial charge in [-0.1, -0.05) is 37.3 Å². The van der Waals surface area contributed by atoms with Crippen LogP contribution in [-0.4, -0.2) is 42.2 Å². The lowest BCUT2D eigenvalue weighted by atomic mass is 9.61. The minimum absolute atomic E-state index is 0.133. The summed E-state index contributed by atoms with van der Waals surface area (Å²) in [5.41, 5.74) is 2.89. The number of nitrogens with zero attached hydrogens (tertiary/aromatic N) is 1. The third-order valence-corrected chi connectivity index (χ3v) is 7.89.